The Kier molecular flexibility index (Phi) is 4.05. The number of nitrogens with zero attached hydrogens (tertiary/aromatic N) is 1. The summed E-state index contributed by atoms with van der Waals surface area (Å²) in [5, 5.41) is 7.02. The fourth-order valence-corrected chi connectivity index (χ4v) is 3.38. The molecule has 1 saturated heterocycles. The second kappa shape index (κ2) is 5.32. The van der Waals surface area contributed by atoms with Crippen LogP contribution in [-0.2, 0) is 0 Å². The van der Waals surface area contributed by atoms with Gasteiger partial charge in [0.15, 0.2) is 0 Å². The van der Waals surface area contributed by atoms with E-state index >= 15 is 0 Å². The fourth-order valence-electron chi connectivity index (χ4n) is 1.97. The van der Waals surface area contributed by atoms with Gasteiger partial charge in [-0.3, -0.25) is 0 Å². The molecular weight excluding hydrogens is 272 g/mol. The maximum absolute atomic E-state index is 3.54. The van der Waals surface area contributed by atoms with Gasteiger partial charge in [0.25, 0.3) is 0 Å². The minimum Gasteiger partial charge on any atom is -0.366 e. The lowest BCUT2D eigenvalue weighted by atomic mass is 10.1. The van der Waals surface area contributed by atoms with Crippen LogP contribution in [0.4, 0.5) is 5.00 Å². The van der Waals surface area contributed by atoms with Gasteiger partial charge < -0.3 is 10.2 Å². The summed E-state index contributed by atoms with van der Waals surface area (Å²) in [5.74, 6) is 0. The monoisotopic (exact) mass is 288 g/mol. The van der Waals surface area contributed by atoms with Gasteiger partial charge in [0, 0.05) is 29.5 Å². The fraction of sp³-hybridized carbons (Fsp3) is 0.636. The van der Waals surface area contributed by atoms with Gasteiger partial charge in [-0.25, -0.2) is 0 Å². The van der Waals surface area contributed by atoms with Crippen LogP contribution in [-0.4, -0.2) is 26.2 Å². The number of nitrogens with one attached hydrogen (secondary N) is 1. The molecule has 84 valence electrons. The lowest BCUT2D eigenvalue weighted by molar-refractivity contribution is 0.560. The quantitative estimate of drug-likeness (QED) is 0.916. The van der Waals surface area contributed by atoms with Crippen molar-refractivity contribution in [2.45, 2.75) is 25.3 Å². The van der Waals surface area contributed by atoms with Crippen LogP contribution < -0.4 is 10.2 Å². The molecular formula is C11H17BrN2S. The molecule has 1 fully saturated rings. The summed E-state index contributed by atoms with van der Waals surface area (Å²) >= 11 is 5.29. The summed E-state index contributed by atoms with van der Waals surface area (Å²) < 4.78 is 1.19. The molecule has 0 amide bonds. The van der Waals surface area contributed by atoms with Crippen molar-refractivity contribution in [3.8, 4) is 0 Å². The van der Waals surface area contributed by atoms with Crippen molar-refractivity contribution in [2.24, 2.45) is 0 Å². The lowest BCUT2D eigenvalue weighted by Crippen LogP contribution is -2.27. The van der Waals surface area contributed by atoms with E-state index in [4.69, 9.17) is 0 Å². The minimum atomic E-state index is 0.746. The Morgan fingerprint density at radius 2 is 2.53 bits per heavy atom. The van der Waals surface area contributed by atoms with E-state index in [1.165, 1.54) is 35.3 Å². The average molecular weight is 289 g/mol. The third kappa shape index (κ3) is 3.20. The van der Waals surface area contributed by atoms with Crippen molar-refractivity contribution in [3.05, 3.63) is 15.9 Å². The molecule has 0 aromatic carbocycles. The van der Waals surface area contributed by atoms with Crippen LogP contribution in [0, 0.1) is 0 Å². The Morgan fingerprint density at radius 1 is 1.67 bits per heavy atom. The number of halogens is 1. The second-order valence-electron chi connectivity index (χ2n) is 4.11. The molecule has 2 nitrogen and oxygen atoms in total. The molecule has 1 aliphatic rings. The van der Waals surface area contributed by atoms with E-state index in [0.29, 0.717) is 0 Å². The maximum atomic E-state index is 3.54. The molecule has 0 saturated carbocycles. The van der Waals surface area contributed by atoms with Gasteiger partial charge in [0.05, 0.1) is 5.00 Å². The Hall–Kier alpha value is -0.0600. The molecule has 1 unspecified atom stereocenters. The largest absolute Gasteiger partial charge is 0.366 e. The highest BCUT2D eigenvalue weighted by molar-refractivity contribution is 9.10. The molecule has 1 N–H and O–H groups in total. The summed E-state index contributed by atoms with van der Waals surface area (Å²) in [6.45, 7) is 2.35. The van der Waals surface area contributed by atoms with Crippen LogP contribution in [0.15, 0.2) is 15.9 Å². The number of rotatable bonds is 4. The summed E-state index contributed by atoms with van der Waals surface area (Å²) in [4.78, 5) is 2.34. The molecule has 15 heavy (non-hydrogen) atoms. The van der Waals surface area contributed by atoms with Gasteiger partial charge in [-0.15, -0.1) is 11.3 Å². The van der Waals surface area contributed by atoms with Gasteiger partial charge in [-0.05, 0) is 47.8 Å². The van der Waals surface area contributed by atoms with Crippen LogP contribution in [0.1, 0.15) is 19.3 Å². The van der Waals surface area contributed by atoms with Gasteiger partial charge in [-0.2, -0.15) is 0 Å². The summed E-state index contributed by atoms with van der Waals surface area (Å²) in [5.41, 5.74) is 0. The molecule has 1 aromatic heterocycles. The highest BCUT2D eigenvalue weighted by atomic mass is 79.9. The van der Waals surface area contributed by atoms with Crippen molar-refractivity contribution in [1.82, 2.24) is 5.32 Å². The Labute approximate surface area is 104 Å². The van der Waals surface area contributed by atoms with Gasteiger partial charge in [0.1, 0.15) is 0 Å². The van der Waals surface area contributed by atoms with E-state index < -0.39 is 0 Å². The SMILES string of the molecule is CN(CCC1CCCN1)c1cc(Br)cs1. The third-order valence-electron chi connectivity index (χ3n) is 2.91. The molecule has 2 heterocycles. The topological polar surface area (TPSA) is 15.3 Å². The van der Waals surface area contributed by atoms with Crippen LogP contribution in [0.2, 0.25) is 0 Å². The molecule has 1 aromatic rings. The smallest absolute Gasteiger partial charge is 0.0917 e. The zero-order valence-electron chi connectivity index (χ0n) is 9.00. The predicted octanol–water partition coefficient (Wildman–Crippen LogP) is 3.09. The number of anilines is 1. The summed E-state index contributed by atoms with van der Waals surface area (Å²) in [7, 11) is 2.17. The van der Waals surface area contributed by atoms with E-state index in [2.05, 4.69) is 44.6 Å². The Bertz CT molecular complexity index is 307. The number of hydrogen-bond acceptors (Lipinski definition) is 3. The number of thiophene rings is 1. The van der Waals surface area contributed by atoms with Crippen LogP contribution >= 0.6 is 27.3 Å². The zero-order chi connectivity index (χ0) is 10.7. The molecule has 1 atom stereocenters. The molecule has 0 spiro atoms. The van der Waals surface area contributed by atoms with Crippen LogP contribution in [0.3, 0.4) is 0 Å². The maximum Gasteiger partial charge on any atom is 0.0917 e. The summed E-state index contributed by atoms with van der Waals surface area (Å²) in [6.07, 6.45) is 3.95. The summed E-state index contributed by atoms with van der Waals surface area (Å²) in [6, 6.07) is 2.93. The van der Waals surface area contributed by atoms with Crippen LogP contribution in [0.5, 0.6) is 0 Å². The Morgan fingerprint density at radius 3 is 3.13 bits per heavy atom. The van der Waals surface area contributed by atoms with Crippen molar-refractivity contribution < 1.29 is 0 Å². The van der Waals surface area contributed by atoms with Crippen molar-refractivity contribution in [2.75, 3.05) is 25.0 Å². The zero-order valence-corrected chi connectivity index (χ0v) is 11.4. The normalized spacial score (nSPS) is 20.8. The minimum absolute atomic E-state index is 0.746. The lowest BCUT2D eigenvalue weighted by Gasteiger charge is -2.19. The molecule has 1 aliphatic heterocycles. The van der Waals surface area contributed by atoms with Crippen molar-refractivity contribution in [1.29, 1.82) is 0 Å². The Balaban J connectivity index is 1.79. The van der Waals surface area contributed by atoms with E-state index in [1.54, 1.807) is 11.3 Å². The molecule has 0 bridgehead atoms. The van der Waals surface area contributed by atoms with E-state index in [9.17, 15) is 0 Å². The van der Waals surface area contributed by atoms with Crippen molar-refractivity contribution in [3.63, 3.8) is 0 Å². The molecule has 0 radical (unpaired) electrons. The first-order valence-corrected chi connectivity index (χ1v) is 7.11. The van der Waals surface area contributed by atoms with Crippen molar-refractivity contribution >= 4 is 32.3 Å². The highest BCUT2D eigenvalue weighted by Crippen LogP contribution is 2.27. The second-order valence-corrected chi connectivity index (χ2v) is 5.91. The first-order valence-electron chi connectivity index (χ1n) is 5.44. The van der Waals surface area contributed by atoms with Gasteiger partial charge >= 0.3 is 0 Å². The van der Waals surface area contributed by atoms with E-state index in [0.717, 1.165) is 12.6 Å². The van der Waals surface area contributed by atoms with Gasteiger partial charge in [0.2, 0.25) is 0 Å². The first kappa shape index (κ1) is 11.4. The molecule has 2 rings (SSSR count). The van der Waals surface area contributed by atoms with E-state index in [-0.39, 0.29) is 0 Å². The van der Waals surface area contributed by atoms with Crippen LogP contribution in [0.25, 0.3) is 0 Å². The highest BCUT2D eigenvalue weighted by Gasteiger charge is 2.14. The van der Waals surface area contributed by atoms with E-state index in [1.807, 2.05) is 0 Å². The number of hydrogen-bond donors (Lipinski definition) is 1. The third-order valence-corrected chi connectivity index (χ3v) is 4.71. The molecule has 0 aliphatic carbocycles. The standard InChI is InChI=1S/C11H17BrN2S/c1-14(11-7-9(12)8-15-11)6-4-10-3-2-5-13-10/h7-8,10,13H,2-6H2,1H3. The van der Waals surface area contributed by atoms with Gasteiger partial charge in [-0.1, -0.05) is 0 Å². The predicted molar refractivity (Wildman–Crippen MR) is 70.9 cm³/mol. The molecule has 4 heteroatoms. The first-order chi connectivity index (χ1) is 7.25. The average Bonchev–Trinajstić information content (AvgIpc) is 2.84.